The maximum atomic E-state index is 12.6. The summed E-state index contributed by atoms with van der Waals surface area (Å²) in [4.78, 5) is 26.3. The van der Waals surface area contributed by atoms with Crippen LogP contribution in [-0.4, -0.2) is 22.0 Å². The van der Waals surface area contributed by atoms with E-state index in [0.717, 1.165) is 12.1 Å². The van der Waals surface area contributed by atoms with Gasteiger partial charge in [-0.15, -0.1) is 0 Å². The van der Waals surface area contributed by atoms with E-state index in [0.29, 0.717) is 5.56 Å². The molecule has 24 heavy (non-hydrogen) atoms. The average molecular weight is 342 g/mol. The smallest absolute Gasteiger partial charge is 0.433 e. The van der Waals surface area contributed by atoms with Crippen molar-refractivity contribution in [1.82, 2.24) is 10.3 Å². The second-order valence-corrected chi connectivity index (χ2v) is 5.04. The molecule has 128 valence electrons. The van der Waals surface area contributed by atoms with Gasteiger partial charge < -0.3 is 14.8 Å². The molecule has 0 aliphatic heterocycles. The van der Waals surface area contributed by atoms with E-state index in [2.05, 4.69) is 10.3 Å². The van der Waals surface area contributed by atoms with Crippen molar-refractivity contribution in [2.45, 2.75) is 26.6 Å². The minimum atomic E-state index is -4.58. The number of amides is 1. The molecule has 1 amide bonds. The van der Waals surface area contributed by atoms with Crippen molar-refractivity contribution in [3.8, 4) is 0 Å². The number of nitrogens with zero attached hydrogens (tertiary/aromatic N) is 1. The van der Waals surface area contributed by atoms with Gasteiger partial charge >= 0.3 is 12.1 Å². The highest BCUT2D eigenvalue weighted by Crippen LogP contribution is 2.28. The zero-order valence-corrected chi connectivity index (χ0v) is 12.7. The fourth-order valence-corrected chi connectivity index (χ4v) is 2.07. The number of halogens is 3. The van der Waals surface area contributed by atoms with Crippen LogP contribution < -0.4 is 5.32 Å². The molecular formula is C15H13F3N2O4. The summed E-state index contributed by atoms with van der Waals surface area (Å²) in [5.41, 5.74) is -0.752. The van der Waals surface area contributed by atoms with E-state index in [1.807, 2.05) is 0 Å². The summed E-state index contributed by atoms with van der Waals surface area (Å²) in [6, 6.07) is 3.22. The van der Waals surface area contributed by atoms with Gasteiger partial charge in [-0.1, -0.05) is 0 Å². The first-order valence-corrected chi connectivity index (χ1v) is 6.75. The van der Waals surface area contributed by atoms with Gasteiger partial charge in [0.1, 0.15) is 11.5 Å². The first-order chi connectivity index (χ1) is 11.1. The van der Waals surface area contributed by atoms with Crippen LogP contribution in [0.5, 0.6) is 0 Å². The Kier molecular flexibility index (Phi) is 4.63. The number of pyridine rings is 1. The SMILES string of the molecule is Cc1cc(CNC(=O)c2ccc(C(F)(F)F)nc2C)oc1C(=O)O. The van der Waals surface area contributed by atoms with Crippen molar-refractivity contribution in [2.75, 3.05) is 0 Å². The topological polar surface area (TPSA) is 92.4 Å². The lowest BCUT2D eigenvalue weighted by Gasteiger charge is -2.10. The van der Waals surface area contributed by atoms with Crippen LogP contribution in [0.2, 0.25) is 0 Å². The van der Waals surface area contributed by atoms with Crippen molar-refractivity contribution in [2.24, 2.45) is 0 Å². The zero-order chi connectivity index (χ0) is 18.1. The van der Waals surface area contributed by atoms with Crippen LogP contribution in [0.1, 0.15) is 43.6 Å². The molecule has 0 fully saturated rings. The molecule has 0 bridgehead atoms. The van der Waals surface area contributed by atoms with Gasteiger partial charge in [0.15, 0.2) is 0 Å². The second-order valence-electron chi connectivity index (χ2n) is 5.04. The van der Waals surface area contributed by atoms with Gasteiger partial charge in [0.05, 0.1) is 17.8 Å². The third-order valence-electron chi connectivity index (χ3n) is 3.21. The minimum Gasteiger partial charge on any atom is -0.475 e. The molecule has 2 aromatic rings. The quantitative estimate of drug-likeness (QED) is 0.891. The summed E-state index contributed by atoms with van der Waals surface area (Å²) >= 11 is 0. The van der Waals surface area contributed by atoms with Crippen molar-refractivity contribution in [3.05, 3.63) is 52.2 Å². The molecule has 0 aromatic carbocycles. The van der Waals surface area contributed by atoms with Crippen LogP contribution in [-0.2, 0) is 12.7 Å². The molecule has 0 saturated heterocycles. The fraction of sp³-hybridized carbons (Fsp3) is 0.267. The normalized spacial score (nSPS) is 11.4. The Balaban J connectivity index is 2.10. The number of aromatic carboxylic acids is 1. The third kappa shape index (κ3) is 3.73. The summed E-state index contributed by atoms with van der Waals surface area (Å²) in [6.07, 6.45) is -4.58. The molecule has 2 rings (SSSR count). The summed E-state index contributed by atoms with van der Waals surface area (Å²) in [7, 11) is 0. The van der Waals surface area contributed by atoms with Crippen LogP contribution in [0.3, 0.4) is 0 Å². The Labute approximate surface area is 134 Å². The van der Waals surface area contributed by atoms with Crippen molar-refractivity contribution < 1.29 is 32.3 Å². The van der Waals surface area contributed by atoms with Crippen LogP contribution in [0.25, 0.3) is 0 Å². The van der Waals surface area contributed by atoms with Crippen molar-refractivity contribution in [1.29, 1.82) is 0 Å². The predicted molar refractivity (Wildman–Crippen MR) is 75.6 cm³/mol. The number of rotatable bonds is 4. The molecule has 0 spiro atoms. The van der Waals surface area contributed by atoms with Crippen LogP contribution >= 0.6 is 0 Å². The number of nitrogens with one attached hydrogen (secondary N) is 1. The van der Waals surface area contributed by atoms with Crippen molar-refractivity contribution >= 4 is 11.9 Å². The molecule has 9 heteroatoms. The van der Waals surface area contributed by atoms with Gasteiger partial charge in [0.2, 0.25) is 5.76 Å². The summed E-state index contributed by atoms with van der Waals surface area (Å²) in [5.74, 6) is -1.88. The molecule has 0 radical (unpaired) electrons. The number of alkyl halides is 3. The van der Waals surface area contributed by atoms with Gasteiger partial charge in [-0.3, -0.25) is 4.79 Å². The van der Waals surface area contributed by atoms with E-state index in [9.17, 15) is 22.8 Å². The van der Waals surface area contributed by atoms with Crippen LogP contribution in [0, 0.1) is 13.8 Å². The number of carbonyl (C=O) groups excluding carboxylic acids is 1. The number of carboxylic acids is 1. The van der Waals surface area contributed by atoms with E-state index in [-0.39, 0.29) is 29.3 Å². The highest BCUT2D eigenvalue weighted by atomic mass is 19.4. The van der Waals surface area contributed by atoms with Gasteiger partial charge in [-0.25, -0.2) is 9.78 Å². The number of hydrogen-bond donors (Lipinski definition) is 2. The van der Waals surface area contributed by atoms with E-state index in [4.69, 9.17) is 9.52 Å². The molecule has 2 N–H and O–H groups in total. The predicted octanol–water partition coefficient (Wildman–Crippen LogP) is 2.94. The molecule has 0 aliphatic rings. The second kappa shape index (κ2) is 6.34. The highest BCUT2D eigenvalue weighted by molar-refractivity contribution is 5.95. The standard InChI is InChI=1S/C15H13F3N2O4/c1-7-5-9(24-12(7)14(22)23)6-19-13(21)10-3-4-11(15(16,17)18)20-8(10)2/h3-5H,6H2,1-2H3,(H,19,21)(H,22,23). The van der Waals surface area contributed by atoms with E-state index in [1.54, 1.807) is 6.92 Å². The molecular weight excluding hydrogens is 329 g/mol. The maximum Gasteiger partial charge on any atom is 0.433 e. The Morgan fingerprint density at radius 3 is 2.46 bits per heavy atom. The molecule has 2 aromatic heterocycles. The minimum absolute atomic E-state index is 0.00950. The summed E-state index contributed by atoms with van der Waals surface area (Å²) < 4.78 is 42.7. The number of carbonyl (C=O) groups is 2. The largest absolute Gasteiger partial charge is 0.475 e. The lowest BCUT2D eigenvalue weighted by Crippen LogP contribution is -2.24. The van der Waals surface area contributed by atoms with Gasteiger partial charge in [0, 0.05) is 5.56 Å². The summed E-state index contributed by atoms with van der Waals surface area (Å²) in [6.45, 7) is 2.74. The Hall–Kier alpha value is -2.84. The lowest BCUT2D eigenvalue weighted by atomic mass is 10.1. The lowest BCUT2D eigenvalue weighted by molar-refractivity contribution is -0.141. The molecule has 0 saturated carbocycles. The van der Waals surface area contributed by atoms with E-state index in [1.165, 1.54) is 13.0 Å². The number of furan rings is 1. The van der Waals surface area contributed by atoms with Gasteiger partial charge in [0.25, 0.3) is 5.91 Å². The molecule has 6 nitrogen and oxygen atoms in total. The fourth-order valence-electron chi connectivity index (χ4n) is 2.07. The molecule has 0 aliphatic carbocycles. The van der Waals surface area contributed by atoms with Crippen LogP contribution in [0.15, 0.2) is 22.6 Å². The third-order valence-corrected chi connectivity index (χ3v) is 3.21. The van der Waals surface area contributed by atoms with Crippen LogP contribution in [0.4, 0.5) is 13.2 Å². The summed E-state index contributed by atoms with van der Waals surface area (Å²) in [5, 5.41) is 11.3. The van der Waals surface area contributed by atoms with E-state index >= 15 is 0 Å². The first-order valence-electron chi connectivity index (χ1n) is 6.75. The molecule has 0 atom stereocenters. The maximum absolute atomic E-state index is 12.6. The number of hydrogen-bond acceptors (Lipinski definition) is 4. The van der Waals surface area contributed by atoms with Gasteiger partial charge in [-0.05, 0) is 32.0 Å². The molecule has 2 heterocycles. The van der Waals surface area contributed by atoms with Gasteiger partial charge in [-0.2, -0.15) is 13.2 Å². The highest BCUT2D eigenvalue weighted by Gasteiger charge is 2.33. The molecule has 0 unspecified atom stereocenters. The number of carboxylic acid groups (broad SMARTS) is 1. The zero-order valence-electron chi connectivity index (χ0n) is 12.7. The first kappa shape index (κ1) is 17.5. The Morgan fingerprint density at radius 2 is 1.96 bits per heavy atom. The monoisotopic (exact) mass is 342 g/mol. The van der Waals surface area contributed by atoms with Crippen molar-refractivity contribution in [3.63, 3.8) is 0 Å². The average Bonchev–Trinajstić information content (AvgIpc) is 2.85. The number of aromatic nitrogens is 1. The van der Waals surface area contributed by atoms with E-state index < -0.39 is 23.7 Å². The Bertz CT molecular complexity index is 797. The number of aryl methyl sites for hydroxylation is 2. The Morgan fingerprint density at radius 1 is 1.29 bits per heavy atom.